The Hall–Kier alpha value is -1.85. The second kappa shape index (κ2) is 3.62. The fourth-order valence-corrected chi connectivity index (χ4v) is 1.34. The molecule has 2 aromatic rings. The minimum absolute atomic E-state index is 0.174. The molecule has 0 fully saturated rings. The normalized spacial score (nSPS) is 11.8. The first-order valence-corrected chi connectivity index (χ1v) is 4.34. The molecule has 0 aliphatic rings. The van der Waals surface area contributed by atoms with Gasteiger partial charge in [0.15, 0.2) is 5.82 Å². The molecule has 84 valence electrons. The molecule has 2 nitrogen and oxygen atoms in total. The van der Waals surface area contributed by atoms with Gasteiger partial charge in [-0.15, -0.1) is 0 Å². The van der Waals surface area contributed by atoms with Crippen molar-refractivity contribution in [3.8, 4) is 5.69 Å². The number of nitrogens with zero attached hydrogens (tertiary/aromatic N) is 2. The Labute approximate surface area is 88.2 Å². The summed E-state index contributed by atoms with van der Waals surface area (Å²) in [6.45, 7) is 0. The maximum absolute atomic E-state index is 13.6. The van der Waals surface area contributed by atoms with Crippen molar-refractivity contribution >= 4 is 0 Å². The van der Waals surface area contributed by atoms with Crippen LogP contribution in [0, 0.1) is 5.82 Å². The molecule has 1 heterocycles. The minimum Gasteiger partial charge on any atom is -0.303 e. The van der Waals surface area contributed by atoms with Gasteiger partial charge in [-0.2, -0.15) is 13.2 Å². The fourth-order valence-electron chi connectivity index (χ4n) is 1.34. The highest BCUT2D eigenvalue weighted by molar-refractivity contribution is 5.39. The van der Waals surface area contributed by atoms with Gasteiger partial charge in [0, 0.05) is 12.4 Å². The zero-order chi connectivity index (χ0) is 11.8. The van der Waals surface area contributed by atoms with E-state index in [-0.39, 0.29) is 5.69 Å². The van der Waals surface area contributed by atoms with Crippen molar-refractivity contribution in [3.63, 3.8) is 0 Å². The first kappa shape index (κ1) is 10.7. The van der Waals surface area contributed by atoms with E-state index in [9.17, 15) is 17.6 Å². The highest BCUT2D eigenvalue weighted by Crippen LogP contribution is 2.33. The van der Waals surface area contributed by atoms with Crippen molar-refractivity contribution in [1.29, 1.82) is 0 Å². The Morgan fingerprint density at radius 3 is 2.50 bits per heavy atom. The summed E-state index contributed by atoms with van der Waals surface area (Å²) in [6.07, 6.45) is -0.725. The lowest BCUT2D eigenvalue weighted by Gasteiger charge is -2.11. The first-order chi connectivity index (χ1) is 7.50. The smallest absolute Gasteiger partial charge is 0.303 e. The Morgan fingerprint density at radius 2 is 1.94 bits per heavy atom. The molecule has 0 aliphatic carbocycles. The van der Waals surface area contributed by atoms with Crippen LogP contribution in [0.5, 0.6) is 0 Å². The predicted molar refractivity (Wildman–Crippen MR) is 48.5 cm³/mol. The summed E-state index contributed by atoms with van der Waals surface area (Å²) in [4.78, 5) is 3.65. The molecule has 6 heteroatoms. The number of imidazole rings is 1. The Bertz CT molecular complexity index is 488. The number of aromatic nitrogens is 2. The van der Waals surface area contributed by atoms with E-state index in [0.29, 0.717) is 6.07 Å². The minimum atomic E-state index is -4.69. The molecular weight excluding hydrogens is 224 g/mol. The monoisotopic (exact) mass is 230 g/mol. The third-order valence-electron chi connectivity index (χ3n) is 2.07. The summed E-state index contributed by atoms with van der Waals surface area (Å²) in [5.41, 5.74) is -1.45. The quantitative estimate of drug-likeness (QED) is 0.688. The van der Waals surface area contributed by atoms with Crippen molar-refractivity contribution < 1.29 is 17.6 Å². The molecule has 0 N–H and O–H groups in total. The number of rotatable bonds is 1. The first-order valence-electron chi connectivity index (χ1n) is 4.34. The zero-order valence-electron chi connectivity index (χ0n) is 7.87. The van der Waals surface area contributed by atoms with Gasteiger partial charge < -0.3 is 4.57 Å². The maximum Gasteiger partial charge on any atom is 0.419 e. The summed E-state index contributed by atoms with van der Waals surface area (Å²) < 4.78 is 52.0. The fraction of sp³-hybridized carbons (Fsp3) is 0.100. The molecule has 1 aromatic carbocycles. The summed E-state index contributed by atoms with van der Waals surface area (Å²) in [5, 5.41) is 0. The molecule has 0 bridgehead atoms. The molecule has 0 saturated carbocycles. The molecule has 0 aliphatic heterocycles. The topological polar surface area (TPSA) is 17.8 Å². The number of benzene rings is 1. The van der Waals surface area contributed by atoms with E-state index in [1.165, 1.54) is 29.4 Å². The van der Waals surface area contributed by atoms with Crippen molar-refractivity contribution in [2.45, 2.75) is 6.18 Å². The van der Waals surface area contributed by atoms with Gasteiger partial charge >= 0.3 is 6.18 Å². The third-order valence-corrected chi connectivity index (χ3v) is 2.07. The number of halogens is 4. The van der Waals surface area contributed by atoms with Crippen LogP contribution in [0.4, 0.5) is 17.6 Å². The van der Waals surface area contributed by atoms with E-state index in [4.69, 9.17) is 0 Å². The van der Waals surface area contributed by atoms with E-state index in [0.717, 1.165) is 6.07 Å². The second-order valence-corrected chi connectivity index (χ2v) is 3.11. The van der Waals surface area contributed by atoms with Gasteiger partial charge in [-0.1, -0.05) is 6.07 Å². The molecule has 0 saturated heterocycles. The third kappa shape index (κ3) is 1.78. The van der Waals surface area contributed by atoms with Crippen LogP contribution in [-0.4, -0.2) is 9.55 Å². The number of hydrogen-bond acceptors (Lipinski definition) is 1. The zero-order valence-corrected chi connectivity index (χ0v) is 7.87. The van der Waals surface area contributed by atoms with Crippen LogP contribution in [0.1, 0.15) is 5.56 Å². The van der Waals surface area contributed by atoms with Crippen LogP contribution in [0.2, 0.25) is 0 Å². The molecule has 0 amide bonds. The highest BCUT2D eigenvalue weighted by atomic mass is 19.4. The summed E-state index contributed by atoms with van der Waals surface area (Å²) in [7, 11) is 0. The second-order valence-electron chi connectivity index (χ2n) is 3.11. The van der Waals surface area contributed by atoms with Gasteiger partial charge in [0.25, 0.3) is 0 Å². The highest BCUT2D eigenvalue weighted by Gasteiger charge is 2.34. The number of alkyl halides is 3. The van der Waals surface area contributed by atoms with Gasteiger partial charge in [-0.25, -0.2) is 9.37 Å². The van der Waals surface area contributed by atoms with Gasteiger partial charge in [0.1, 0.15) is 0 Å². The Kier molecular flexibility index (Phi) is 2.41. The van der Waals surface area contributed by atoms with Crippen LogP contribution < -0.4 is 0 Å². The lowest BCUT2D eigenvalue weighted by Crippen LogP contribution is -2.10. The van der Waals surface area contributed by atoms with E-state index >= 15 is 0 Å². The van der Waals surface area contributed by atoms with E-state index in [1.807, 2.05) is 0 Å². The Balaban J connectivity index is 2.58. The largest absolute Gasteiger partial charge is 0.419 e. The van der Waals surface area contributed by atoms with Gasteiger partial charge in [-0.05, 0) is 12.1 Å². The van der Waals surface area contributed by atoms with Crippen molar-refractivity contribution in [2.24, 2.45) is 0 Å². The van der Waals surface area contributed by atoms with Gasteiger partial charge in [0.05, 0.1) is 17.6 Å². The standard InChI is InChI=1S/C10H6F4N2/c11-9-7(10(12,13)14)2-1-3-8(9)16-5-4-15-6-16/h1-6H. The Morgan fingerprint density at radius 1 is 1.19 bits per heavy atom. The molecule has 0 atom stereocenters. The molecule has 1 aromatic heterocycles. The van der Waals surface area contributed by atoms with Crippen LogP contribution >= 0.6 is 0 Å². The average molecular weight is 230 g/mol. The lowest BCUT2D eigenvalue weighted by molar-refractivity contribution is -0.140. The van der Waals surface area contributed by atoms with Crippen LogP contribution in [0.3, 0.4) is 0 Å². The van der Waals surface area contributed by atoms with Crippen LogP contribution in [-0.2, 0) is 6.18 Å². The van der Waals surface area contributed by atoms with Crippen LogP contribution in [0.15, 0.2) is 36.9 Å². The molecule has 0 unspecified atom stereocenters. The van der Waals surface area contributed by atoms with Crippen molar-refractivity contribution in [1.82, 2.24) is 9.55 Å². The lowest BCUT2D eigenvalue weighted by atomic mass is 10.1. The van der Waals surface area contributed by atoms with E-state index < -0.39 is 17.6 Å². The molecule has 0 spiro atoms. The SMILES string of the molecule is Fc1c(-n2ccnc2)cccc1C(F)(F)F. The molecule has 16 heavy (non-hydrogen) atoms. The predicted octanol–water partition coefficient (Wildman–Crippen LogP) is 3.03. The van der Waals surface area contributed by atoms with E-state index in [1.54, 1.807) is 0 Å². The van der Waals surface area contributed by atoms with Gasteiger partial charge in [0.2, 0.25) is 0 Å². The average Bonchev–Trinajstić information content (AvgIpc) is 2.69. The molecule has 2 rings (SSSR count). The van der Waals surface area contributed by atoms with Crippen molar-refractivity contribution in [2.75, 3.05) is 0 Å². The van der Waals surface area contributed by atoms with Crippen LogP contribution in [0.25, 0.3) is 5.69 Å². The van der Waals surface area contributed by atoms with Crippen molar-refractivity contribution in [3.05, 3.63) is 48.3 Å². The summed E-state index contributed by atoms with van der Waals surface area (Å²) in [6, 6.07) is 3.11. The summed E-state index contributed by atoms with van der Waals surface area (Å²) in [5.74, 6) is -1.30. The molecular formula is C10H6F4N2. The maximum atomic E-state index is 13.6. The van der Waals surface area contributed by atoms with Gasteiger partial charge in [-0.3, -0.25) is 0 Å². The summed E-state index contributed by atoms with van der Waals surface area (Å²) >= 11 is 0. The molecule has 0 radical (unpaired) electrons. The number of hydrogen-bond donors (Lipinski definition) is 0. The van der Waals surface area contributed by atoms with E-state index in [2.05, 4.69) is 4.98 Å².